The van der Waals surface area contributed by atoms with Gasteiger partial charge in [-0.25, -0.2) is 4.39 Å². The first kappa shape index (κ1) is 10.2. The number of nitrogens with two attached hydrogens (primary N) is 1. The first-order chi connectivity index (χ1) is 6.09. The van der Waals surface area contributed by atoms with Gasteiger partial charge in [-0.3, -0.25) is 4.68 Å². The van der Waals surface area contributed by atoms with Gasteiger partial charge < -0.3 is 5.73 Å². The molecule has 0 fully saturated rings. The molecule has 0 aliphatic rings. The molecule has 0 aromatic carbocycles. The van der Waals surface area contributed by atoms with Crippen LogP contribution in [0.25, 0.3) is 0 Å². The largest absolute Gasteiger partial charge is 0.328 e. The summed E-state index contributed by atoms with van der Waals surface area (Å²) in [4.78, 5) is 0. The van der Waals surface area contributed by atoms with E-state index in [9.17, 15) is 4.39 Å². The lowest BCUT2D eigenvalue weighted by Crippen LogP contribution is -2.34. The molecule has 0 saturated carbocycles. The van der Waals surface area contributed by atoms with Crippen LogP contribution in [0.3, 0.4) is 0 Å². The molecule has 0 spiro atoms. The maximum Gasteiger partial charge on any atom is 0.128 e. The van der Waals surface area contributed by atoms with Crippen LogP contribution in [0, 0.1) is 0 Å². The summed E-state index contributed by atoms with van der Waals surface area (Å²) in [5.41, 5.74) is 4.83. The summed E-state index contributed by atoms with van der Waals surface area (Å²) in [6.07, 6.45) is 2.54. The quantitative estimate of drug-likeness (QED) is 0.761. The van der Waals surface area contributed by atoms with Crippen molar-refractivity contribution in [3.8, 4) is 0 Å². The monoisotopic (exact) mass is 185 g/mol. The summed E-state index contributed by atoms with van der Waals surface area (Å²) in [7, 11) is 1.82. The lowest BCUT2D eigenvalue weighted by molar-refractivity contribution is 0.165. The number of hydrogen-bond donors (Lipinski definition) is 1. The fourth-order valence-electron chi connectivity index (χ4n) is 1.22. The maximum atomic E-state index is 13.8. The van der Waals surface area contributed by atoms with Crippen molar-refractivity contribution in [1.29, 1.82) is 0 Å². The molecular formula is C9H16FN3. The summed E-state index contributed by atoms with van der Waals surface area (Å²) in [6, 6.07) is 1.82. The van der Waals surface area contributed by atoms with Crippen LogP contribution in [0.5, 0.6) is 0 Å². The van der Waals surface area contributed by atoms with E-state index in [2.05, 4.69) is 5.10 Å². The van der Waals surface area contributed by atoms with Crippen molar-refractivity contribution in [2.24, 2.45) is 12.8 Å². The number of halogens is 1. The van der Waals surface area contributed by atoms with E-state index in [1.165, 1.54) is 0 Å². The minimum absolute atomic E-state index is 0.0556. The van der Waals surface area contributed by atoms with Crippen LogP contribution < -0.4 is 5.73 Å². The Kier molecular flexibility index (Phi) is 3.03. The zero-order valence-electron chi connectivity index (χ0n) is 8.13. The van der Waals surface area contributed by atoms with E-state index in [4.69, 9.17) is 5.73 Å². The second-order valence-electron chi connectivity index (χ2n) is 3.37. The first-order valence-corrected chi connectivity index (χ1v) is 4.47. The average Bonchev–Trinajstić information content (AvgIpc) is 2.51. The first-order valence-electron chi connectivity index (χ1n) is 4.47. The summed E-state index contributed by atoms with van der Waals surface area (Å²) in [6.45, 7) is 1.86. The highest BCUT2D eigenvalue weighted by Crippen LogP contribution is 2.19. The lowest BCUT2D eigenvalue weighted by atomic mass is 9.97. The number of aromatic nitrogens is 2. The Balaban J connectivity index is 2.67. The smallest absolute Gasteiger partial charge is 0.128 e. The molecule has 0 aliphatic heterocycles. The van der Waals surface area contributed by atoms with Crippen molar-refractivity contribution in [2.45, 2.75) is 25.4 Å². The second kappa shape index (κ2) is 3.87. The van der Waals surface area contributed by atoms with Gasteiger partial charge >= 0.3 is 0 Å². The van der Waals surface area contributed by atoms with Gasteiger partial charge in [0.25, 0.3) is 0 Å². The Bertz CT molecular complexity index is 266. The van der Waals surface area contributed by atoms with Crippen LogP contribution in [0.1, 0.15) is 19.0 Å². The number of aryl methyl sites for hydroxylation is 1. The van der Waals surface area contributed by atoms with Gasteiger partial charge in [-0.15, -0.1) is 0 Å². The van der Waals surface area contributed by atoms with Crippen molar-refractivity contribution in [2.75, 3.05) is 6.54 Å². The van der Waals surface area contributed by atoms with Gasteiger partial charge in [0.1, 0.15) is 5.67 Å². The normalized spacial score (nSPS) is 15.7. The van der Waals surface area contributed by atoms with Crippen LogP contribution in [-0.4, -0.2) is 22.0 Å². The van der Waals surface area contributed by atoms with Gasteiger partial charge in [-0.05, 0) is 12.5 Å². The predicted molar refractivity (Wildman–Crippen MR) is 50.1 cm³/mol. The zero-order valence-corrected chi connectivity index (χ0v) is 8.13. The van der Waals surface area contributed by atoms with Gasteiger partial charge in [0.05, 0.1) is 5.69 Å². The SMILES string of the molecule is CCC(F)(CN)Cc1ccn(C)n1. The van der Waals surface area contributed by atoms with Crippen LogP contribution in [-0.2, 0) is 13.5 Å². The Hall–Kier alpha value is -0.900. The van der Waals surface area contributed by atoms with E-state index in [1.54, 1.807) is 11.6 Å². The molecular weight excluding hydrogens is 169 g/mol. The van der Waals surface area contributed by atoms with Crippen molar-refractivity contribution in [3.63, 3.8) is 0 Å². The number of alkyl halides is 1. The summed E-state index contributed by atoms with van der Waals surface area (Å²) >= 11 is 0. The van der Waals surface area contributed by atoms with E-state index in [1.807, 2.05) is 19.3 Å². The van der Waals surface area contributed by atoms with E-state index in [0.29, 0.717) is 12.8 Å². The fourth-order valence-corrected chi connectivity index (χ4v) is 1.22. The molecule has 0 radical (unpaired) electrons. The molecule has 0 aliphatic carbocycles. The highest BCUT2D eigenvalue weighted by atomic mass is 19.1. The highest BCUT2D eigenvalue weighted by molar-refractivity contribution is 5.04. The Labute approximate surface area is 77.7 Å². The Morgan fingerprint density at radius 2 is 2.38 bits per heavy atom. The van der Waals surface area contributed by atoms with Gasteiger partial charge in [0.15, 0.2) is 0 Å². The third-order valence-corrected chi connectivity index (χ3v) is 2.27. The van der Waals surface area contributed by atoms with Gasteiger partial charge in [-0.2, -0.15) is 5.10 Å². The number of nitrogens with zero attached hydrogens (tertiary/aromatic N) is 2. The summed E-state index contributed by atoms with van der Waals surface area (Å²) < 4.78 is 15.4. The molecule has 1 aromatic heterocycles. The molecule has 1 unspecified atom stereocenters. The number of hydrogen-bond acceptors (Lipinski definition) is 2. The second-order valence-corrected chi connectivity index (χ2v) is 3.37. The standard InChI is InChI=1S/C9H16FN3/c1-3-9(10,7-11)6-8-4-5-13(2)12-8/h4-5H,3,6-7,11H2,1-2H3. The third-order valence-electron chi connectivity index (χ3n) is 2.27. The molecule has 0 amide bonds. The highest BCUT2D eigenvalue weighted by Gasteiger charge is 2.26. The van der Waals surface area contributed by atoms with Gasteiger partial charge in [0.2, 0.25) is 0 Å². The summed E-state index contributed by atoms with van der Waals surface area (Å²) in [5.74, 6) is 0. The minimum atomic E-state index is -1.30. The Morgan fingerprint density at radius 1 is 1.69 bits per heavy atom. The minimum Gasteiger partial charge on any atom is -0.328 e. The fraction of sp³-hybridized carbons (Fsp3) is 0.667. The van der Waals surface area contributed by atoms with Crippen LogP contribution in [0.15, 0.2) is 12.3 Å². The molecule has 1 rings (SSSR count). The molecule has 4 heteroatoms. The van der Waals surface area contributed by atoms with Crippen LogP contribution >= 0.6 is 0 Å². The molecule has 0 bridgehead atoms. The molecule has 3 nitrogen and oxygen atoms in total. The van der Waals surface area contributed by atoms with Gasteiger partial charge in [0, 0.05) is 26.2 Å². The van der Waals surface area contributed by atoms with Crippen LogP contribution in [0.4, 0.5) is 4.39 Å². The van der Waals surface area contributed by atoms with Gasteiger partial charge in [-0.1, -0.05) is 6.92 Å². The van der Waals surface area contributed by atoms with E-state index >= 15 is 0 Å². The molecule has 1 aromatic rings. The predicted octanol–water partition coefficient (Wildman–Crippen LogP) is 1.04. The van der Waals surface area contributed by atoms with Crippen molar-refractivity contribution in [1.82, 2.24) is 9.78 Å². The average molecular weight is 185 g/mol. The third kappa shape index (κ3) is 2.52. The molecule has 74 valence electrons. The van der Waals surface area contributed by atoms with E-state index in [0.717, 1.165) is 5.69 Å². The zero-order chi connectivity index (χ0) is 9.90. The lowest BCUT2D eigenvalue weighted by Gasteiger charge is -2.20. The molecule has 1 atom stereocenters. The molecule has 2 N–H and O–H groups in total. The van der Waals surface area contributed by atoms with E-state index in [-0.39, 0.29) is 6.54 Å². The molecule has 1 heterocycles. The summed E-state index contributed by atoms with van der Waals surface area (Å²) in [5, 5.41) is 4.11. The van der Waals surface area contributed by atoms with Crippen LogP contribution in [0.2, 0.25) is 0 Å². The van der Waals surface area contributed by atoms with Crippen molar-refractivity contribution in [3.05, 3.63) is 18.0 Å². The van der Waals surface area contributed by atoms with E-state index < -0.39 is 5.67 Å². The topological polar surface area (TPSA) is 43.8 Å². The molecule has 13 heavy (non-hydrogen) atoms. The molecule has 0 saturated heterocycles. The maximum absolute atomic E-state index is 13.8. The van der Waals surface area contributed by atoms with Crippen molar-refractivity contribution < 1.29 is 4.39 Å². The van der Waals surface area contributed by atoms with Crippen molar-refractivity contribution >= 4 is 0 Å². The Morgan fingerprint density at radius 3 is 2.77 bits per heavy atom. The number of rotatable bonds is 4.